The van der Waals surface area contributed by atoms with Crippen LogP contribution in [0.25, 0.3) is 16.8 Å². The molecule has 37 heavy (non-hydrogen) atoms. The third-order valence-electron chi connectivity index (χ3n) is 6.20. The molecule has 0 aliphatic carbocycles. The van der Waals surface area contributed by atoms with Crippen molar-refractivity contribution in [2.24, 2.45) is 5.10 Å². The van der Waals surface area contributed by atoms with E-state index in [1.807, 2.05) is 50.2 Å². The fourth-order valence-corrected chi connectivity index (χ4v) is 4.34. The molecule has 1 aliphatic heterocycles. The van der Waals surface area contributed by atoms with E-state index in [0.29, 0.717) is 11.5 Å². The maximum Gasteiger partial charge on any atom is 0.269 e. The number of rotatable bonds is 7. The Labute approximate surface area is 213 Å². The summed E-state index contributed by atoms with van der Waals surface area (Å²) in [6, 6.07) is 21.9. The van der Waals surface area contributed by atoms with Gasteiger partial charge in [0.25, 0.3) is 5.69 Å². The number of hydrogen-bond donors (Lipinski definition) is 1. The average molecular weight is 497 g/mol. The molecule has 0 fully saturated rings. The zero-order valence-corrected chi connectivity index (χ0v) is 20.3. The number of fused-ring (bicyclic) bond motifs is 1. The molecule has 0 bridgehead atoms. The van der Waals surface area contributed by atoms with Crippen molar-refractivity contribution in [3.8, 4) is 28.3 Å². The Kier molecular flexibility index (Phi) is 6.42. The molecule has 9 nitrogen and oxygen atoms in total. The number of ether oxygens (including phenoxy) is 2. The molecule has 3 aromatic carbocycles. The lowest BCUT2D eigenvalue weighted by atomic mass is 10.0. The fraction of sp³-hybridized carbons (Fsp3) is 0.143. The van der Waals surface area contributed by atoms with Gasteiger partial charge in [0.2, 0.25) is 12.7 Å². The number of hydrogen-bond acceptors (Lipinski definition) is 6. The number of aromatic nitrogens is 1. The molecule has 0 saturated heterocycles. The van der Waals surface area contributed by atoms with E-state index in [2.05, 4.69) is 15.1 Å². The van der Waals surface area contributed by atoms with Crippen LogP contribution in [0.3, 0.4) is 0 Å². The van der Waals surface area contributed by atoms with E-state index >= 15 is 0 Å². The molecule has 0 saturated carbocycles. The van der Waals surface area contributed by atoms with Gasteiger partial charge in [0.15, 0.2) is 11.5 Å². The zero-order chi connectivity index (χ0) is 25.9. The molecule has 186 valence electrons. The molecular formula is C28H24N4O5. The Bertz CT molecular complexity index is 1510. The lowest BCUT2D eigenvalue weighted by Gasteiger charge is -2.11. The Morgan fingerprint density at radius 1 is 1.00 bits per heavy atom. The fourth-order valence-electron chi connectivity index (χ4n) is 4.34. The monoisotopic (exact) mass is 496 g/mol. The molecule has 9 heteroatoms. The lowest BCUT2D eigenvalue weighted by Crippen LogP contribution is -2.19. The normalized spacial score (nSPS) is 12.2. The third kappa shape index (κ3) is 5.06. The van der Waals surface area contributed by atoms with Crippen LogP contribution in [0.2, 0.25) is 0 Å². The van der Waals surface area contributed by atoms with E-state index < -0.39 is 4.92 Å². The highest BCUT2D eigenvalue weighted by Gasteiger charge is 2.15. The SMILES string of the molecule is Cc1cc(/C=N/NC(=O)Cc2ccc3c(c2)OCO3)c(C)n1-c1ccc(-c2ccc([N+](=O)[O-])cc2)cc1. The highest BCUT2D eigenvalue weighted by atomic mass is 16.7. The minimum absolute atomic E-state index is 0.0669. The summed E-state index contributed by atoms with van der Waals surface area (Å²) in [6.07, 6.45) is 1.82. The Morgan fingerprint density at radius 2 is 1.68 bits per heavy atom. The summed E-state index contributed by atoms with van der Waals surface area (Å²) in [4.78, 5) is 22.8. The second kappa shape index (κ2) is 9.98. The molecule has 1 amide bonds. The zero-order valence-electron chi connectivity index (χ0n) is 20.3. The van der Waals surface area contributed by atoms with E-state index in [-0.39, 0.29) is 24.8 Å². The molecule has 5 rings (SSSR count). The average Bonchev–Trinajstić information content (AvgIpc) is 3.47. The van der Waals surface area contributed by atoms with Gasteiger partial charge in [-0.2, -0.15) is 5.10 Å². The third-order valence-corrected chi connectivity index (χ3v) is 6.20. The molecule has 0 unspecified atom stereocenters. The Morgan fingerprint density at radius 3 is 2.38 bits per heavy atom. The number of amides is 1. The molecule has 1 aliphatic rings. The highest BCUT2D eigenvalue weighted by Crippen LogP contribution is 2.32. The number of nitrogens with zero attached hydrogens (tertiary/aromatic N) is 3. The predicted octanol–water partition coefficient (Wildman–Crippen LogP) is 5.09. The van der Waals surface area contributed by atoms with Gasteiger partial charge < -0.3 is 14.0 Å². The summed E-state index contributed by atoms with van der Waals surface area (Å²) in [5.41, 5.74) is 9.21. The predicted molar refractivity (Wildman–Crippen MR) is 139 cm³/mol. The van der Waals surface area contributed by atoms with Crippen molar-refractivity contribution >= 4 is 17.8 Å². The van der Waals surface area contributed by atoms with E-state index in [9.17, 15) is 14.9 Å². The first-order chi connectivity index (χ1) is 17.9. The van der Waals surface area contributed by atoms with Gasteiger partial charge in [-0.25, -0.2) is 5.43 Å². The number of carbonyl (C=O) groups is 1. The second-order valence-electron chi connectivity index (χ2n) is 8.67. The largest absolute Gasteiger partial charge is 0.454 e. The maximum atomic E-state index is 12.3. The molecule has 0 atom stereocenters. The van der Waals surface area contributed by atoms with Crippen LogP contribution in [-0.4, -0.2) is 28.4 Å². The summed E-state index contributed by atoms with van der Waals surface area (Å²) < 4.78 is 12.8. The Balaban J connectivity index is 1.25. The Hall–Kier alpha value is -4.92. The van der Waals surface area contributed by atoms with Gasteiger partial charge in [-0.15, -0.1) is 0 Å². The van der Waals surface area contributed by atoms with E-state index in [4.69, 9.17) is 9.47 Å². The van der Waals surface area contributed by atoms with Gasteiger partial charge in [0.05, 0.1) is 17.6 Å². The molecule has 0 radical (unpaired) electrons. The van der Waals surface area contributed by atoms with Crippen LogP contribution in [-0.2, 0) is 11.2 Å². The first-order valence-corrected chi connectivity index (χ1v) is 11.6. The summed E-state index contributed by atoms with van der Waals surface area (Å²) >= 11 is 0. The quantitative estimate of drug-likeness (QED) is 0.218. The number of nitro benzene ring substituents is 1. The van der Waals surface area contributed by atoms with Crippen LogP contribution >= 0.6 is 0 Å². The standard InChI is InChI=1S/C28H24N4O5/c1-18-13-23(16-29-30-28(33)15-20-3-12-26-27(14-20)37-17-36-26)19(2)31(18)24-8-4-21(5-9-24)22-6-10-25(11-7-22)32(34)35/h3-14,16H,15,17H2,1-2H3,(H,30,33)/b29-16+. The van der Waals surface area contributed by atoms with Crippen LogP contribution < -0.4 is 14.9 Å². The van der Waals surface area contributed by atoms with Crippen molar-refractivity contribution in [3.63, 3.8) is 0 Å². The molecule has 1 N–H and O–H groups in total. The van der Waals surface area contributed by atoms with Crippen LogP contribution in [0.4, 0.5) is 5.69 Å². The smallest absolute Gasteiger partial charge is 0.269 e. The van der Waals surface area contributed by atoms with Crippen LogP contribution in [0.1, 0.15) is 22.5 Å². The maximum absolute atomic E-state index is 12.3. The van der Waals surface area contributed by atoms with Crippen LogP contribution in [0, 0.1) is 24.0 Å². The van der Waals surface area contributed by atoms with Crippen LogP contribution in [0.15, 0.2) is 77.9 Å². The first-order valence-electron chi connectivity index (χ1n) is 11.6. The van der Waals surface area contributed by atoms with Crippen molar-refractivity contribution in [1.82, 2.24) is 9.99 Å². The molecule has 0 spiro atoms. The van der Waals surface area contributed by atoms with Crippen molar-refractivity contribution < 1.29 is 19.2 Å². The highest BCUT2D eigenvalue weighted by molar-refractivity contribution is 5.85. The number of nitrogens with one attached hydrogen (secondary N) is 1. The van der Waals surface area contributed by atoms with Gasteiger partial charge in [-0.05, 0) is 73.0 Å². The van der Waals surface area contributed by atoms with Crippen molar-refractivity contribution in [3.05, 3.63) is 105 Å². The molecule has 4 aromatic rings. The van der Waals surface area contributed by atoms with E-state index in [1.165, 1.54) is 12.1 Å². The van der Waals surface area contributed by atoms with E-state index in [1.54, 1.807) is 30.5 Å². The van der Waals surface area contributed by atoms with E-state index in [0.717, 1.165) is 39.3 Å². The van der Waals surface area contributed by atoms with Gasteiger partial charge in [0, 0.05) is 34.8 Å². The van der Waals surface area contributed by atoms with Gasteiger partial charge in [-0.3, -0.25) is 14.9 Å². The lowest BCUT2D eigenvalue weighted by molar-refractivity contribution is -0.384. The van der Waals surface area contributed by atoms with Crippen molar-refractivity contribution in [2.75, 3.05) is 6.79 Å². The van der Waals surface area contributed by atoms with Crippen molar-refractivity contribution in [1.29, 1.82) is 0 Å². The number of aryl methyl sites for hydroxylation is 1. The minimum atomic E-state index is -0.407. The number of nitro groups is 1. The number of non-ortho nitro benzene ring substituents is 1. The topological polar surface area (TPSA) is 108 Å². The summed E-state index contributed by atoms with van der Waals surface area (Å²) in [5, 5.41) is 15.0. The van der Waals surface area contributed by atoms with Gasteiger partial charge >= 0.3 is 0 Å². The summed E-state index contributed by atoms with van der Waals surface area (Å²) in [6.45, 7) is 4.19. The van der Waals surface area contributed by atoms with Crippen LogP contribution in [0.5, 0.6) is 11.5 Å². The summed E-state index contributed by atoms with van der Waals surface area (Å²) in [5.74, 6) is 1.09. The minimum Gasteiger partial charge on any atom is -0.454 e. The van der Waals surface area contributed by atoms with Gasteiger partial charge in [0.1, 0.15) is 0 Å². The van der Waals surface area contributed by atoms with Crippen molar-refractivity contribution in [2.45, 2.75) is 20.3 Å². The number of benzene rings is 3. The van der Waals surface area contributed by atoms with Gasteiger partial charge in [-0.1, -0.05) is 18.2 Å². The first kappa shape index (κ1) is 23.8. The molecule has 1 aromatic heterocycles. The molecular weight excluding hydrogens is 472 g/mol. The number of carbonyl (C=O) groups excluding carboxylic acids is 1. The second-order valence-corrected chi connectivity index (χ2v) is 8.67. The molecule has 2 heterocycles. The summed E-state index contributed by atoms with van der Waals surface area (Å²) in [7, 11) is 0. The number of hydrazone groups is 1.